The summed E-state index contributed by atoms with van der Waals surface area (Å²) in [6.07, 6.45) is 0. The van der Waals surface area contributed by atoms with Crippen LogP contribution >= 0.6 is 11.6 Å². The Hall–Kier alpha value is -1.71. The van der Waals surface area contributed by atoms with E-state index in [2.05, 4.69) is 34.5 Å². The van der Waals surface area contributed by atoms with E-state index in [1.807, 2.05) is 32.3 Å². The van der Waals surface area contributed by atoms with Crippen LogP contribution in [0.15, 0.2) is 42.5 Å². The number of hydrogen-bond donors (Lipinski definition) is 1. The molecule has 2 rings (SSSR count). The molecule has 112 valence electrons. The minimum absolute atomic E-state index is 0.679. The zero-order valence-corrected chi connectivity index (χ0v) is 13.4. The summed E-state index contributed by atoms with van der Waals surface area (Å²) in [4.78, 5) is 2.09. The predicted molar refractivity (Wildman–Crippen MR) is 89.3 cm³/mol. The maximum absolute atomic E-state index is 6.22. The number of halogens is 1. The monoisotopic (exact) mass is 304 g/mol. The third kappa shape index (κ3) is 4.13. The molecule has 0 saturated heterocycles. The molecular formula is C17H21ClN2O. The molecule has 0 aliphatic carbocycles. The lowest BCUT2D eigenvalue weighted by Gasteiger charge is -2.14. The van der Waals surface area contributed by atoms with Gasteiger partial charge in [-0.25, -0.2) is 0 Å². The minimum atomic E-state index is 0.679. The summed E-state index contributed by atoms with van der Waals surface area (Å²) in [6.45, 7) is 1.47. The van der Waals surface area contributed by atoms with E-state index in [9.17, 15) is 0 Å². The van der Waals surface area contributed by atoms with Crippen LogP contribution < -0.4 is 15.0 Å². The van der Waals surface area contributed by atoms with Gasteiger partial charge in [0.1, 0.15) is 5.75 Å². The first-order chi connectivity index (χ1) is 10.1. The van der Waals surface area contributed by atoms with Crippen molar-refractivity contribution in [2.45, 2.75) is 13.1 Å². The number of rotatable bonds is 6. The van der Waals surface area contributed by atoms with E-state index in [1.54, 1.807) is 7.11 Å². The number of ether oxygens (including phenoxy) is 1. The average molecular weight is 305 g/mol. The van der Waals surface area contributed by atoms with Gasteiger partial charge in [0, 0.05) is 43.5 Å². The van der Waals surface area contributed by atoms with Gasteiger partial charge in [-0.2, -0.15) is 0 Å². The Morgan fingerprint density at radius 2 is 1.76 bits per heavy atom. The molecule has 21 heavy (non-hydrogen) atoms. The molecule has 0 aliphatic heterocycles. The largest absolute Gasteiger partial charge is 0.496 e. The zero-order chi connectivity index (χ0) is 15.2. The number of nitrogens with one attached hydrogen (secondary N) is 1. The van der Waals surface area contributed by atoms with Gasteiger partial charge in [-0.1, -0.05) is 29.8 Å². The normalized spacial score (nSPS) is 10.5. The van der Waals surface area contributed by atoms with Crippen molar-refractivity contribution >= 4 is 17.3 Å². The first-order valence-corrected chi connectivity index (χ1v) is 7.28. The van der Waals surface area contributed by atoms with E-state index >= 15 is 0 Å². The molecule has 2 aromatic rings. The number of benzene rings is 2. The van der Waals surface area contributed by atoms with Gasteiger partial charge >= 0.3 is 0 Å². The first kappa shape index (κ1) is 15.7. The Bertz CT molecular complexity index is 582. The van der Waals surface area contributed by atoms with Crippen molar-refractivity contribution in [1.82, 2.24) is 5.32 Å². The number of hydrogen-bond acceptors (Lipinski definition) is 3. The van der Waals surface area contributed by atoms with Crippen molar-refractivity contribution in [2.75, 3.05) is 26.1 Å². The number of methoxy groups -OCH3 is 1. The van der Waals surface area contributed by atoms with Crippen LogP contribution in [0, 0.1) is 0 Å². The molecule has 4 heteroatoms. The van der Waals surface area contributed by atoms with Gasteiger partial charge in [-0.3, -0.25) is 0 Å². The van der Waals surface area contributed by atoms with Gasteiger partial charge in [0.05, 0.1) is 7.11 Å². The van der Waals surface area contributed by atoms with Crippen molar-refractivity contribution in [1.29, 1.82) is 0 Å². The summed E-state index contributed by atoms with van der Waals surface area (Å²) in [5.41, 5.74) is 3.43. The Balaban J connectivity index is 1.95. The Labute approximate surface area is 131 Å². The van der Waals surface area contributed by atoms with Crippen LogP contribution in [0.2, 0.25) is 5.02 Å². The molecule has 1 N–H and O–H groups in total. The van der Waals surface area contributed by atoms with E-state index in [1.165, 1.54) is 11.3 Å². The number of anilines is 1. The summed E-state index contributed by atoms with van der Waals surface area (Å²) in [5, 5.41) is 4.13. The molecule has 0 amide bonds. The molecule has 0 aliphatic rings. The van der Waals surface area contributed by atoms with Crippen molar-refractivity contribution in [3.8, 4) is 5.75 Å². The molecule has 0 heterocycles. The van der Waals surface area contributed by atoms with Gasteiger partial charge in [0.15, 0.2) is 0 Å². The molecular weight excluding hydrogens is 284 g/mol. The van der Waals surface area contributed by atoms with E-state index in [0.29, 0.717) is 6.54 Å². The van der Waals surface area contributed by atoms with E-state index < -0.39 is 0 Å². The summed E-state index contributed by atoms with van der Waals surface area (Å²) in [7, 11) is 5.74. The molecule has 0 unspecified atom stereocenters. The van der Waals surface area contributed by atoms with Crippen LogP contribution in [0.5, 0.6) is 5.75 Å². The third-order valence-corrected chi connectivity index (χ3v) is 3.73. The Morgan fingerprint density at radius 1 is 1.05 bits per heavy atom. The molecule has 0 saturated carbocycles. The topological polar surface area (TPSA) is 24.5 Å². The molecule has 0 radical (unpaired) electrons. The van der Waals surface area contributed by atoms with Crippen LogP contribution in [0.25, 0.3) is 0 Å². The van der Waals surface area contributed by atoms with Gasteiger partial charge in [0.2, 0.25) is 0 Å². The van der Waals surface area contributed by atoms with Crippen LogP contribution in [-0.2, 0) is 13.1 Å². The minimum Gasteiger partial charge on any atom is -0.496 e. The summed E-state index contributed by atoms with van der Waals surface area (Å²) in [6, 6.07) is 14.2. The fourth-order valence-electron chi connectivity index (χ4n) is 2.15. The Kier molecular flexibility index (Phi) is 5.48. The SMILES string of the molecule is COc1cccc(Cl)c1CNCc1ccc(N(C)C)cc1. The smallest absolute Gasteiger partial charge is 0.124 e. The molecule has 0 aromatic heterocycles. The second kappa shape index (κ2) is 7.34. The summed E-state index contributed by atoms with van der Waals surface area (Å²) >= 11 is 6.22. The van der Waals surface area contributed by atoms with E-state index in [4.69, 9.17) is 16.3 Å². The van der Waals surface area contributed by atoms with Crippen LogP contribution in [0.3, 0.4) is 0 Å². The second-order valence-electron chi connectivity index (χ2n) is 5.09. The third-order valence-electron chi connectivity index (χ3n) is 3.38. The first-order valence-electron chi connectivity index (χ1n) is 6.90. The molecule has 2 aromatic carbocycles. The molecule has 0 spiro atoms. The van der Waals surface area contributed by atoms with Crippen molar-refractivity contribution in [3.05, 3.63) is 58.6 Å². The summed E-state index contributed by atoms with van der Waals surface area (Å²) in [5.74, 6) is 0.818. The quantitative estimate of drug-likeness (QED) is 0.880. The average Bonchev–Trinajstić information content (AvgIpc) is 2.49. The summed E-state index contributed by atoms with van der Waals surface area (Å²) < 4.78 is 5.34. The number of nitrogens with zero attached hydrogens (tertiary/aromatic N) is 1. The lowest BCUT2D eigenvalue weighted by Crippen LogP contribution is -2.14. The van der Waals surface area contributed by atoms with Crippen LogP contribution in [0.4, 0.5) is 5.69 Å². The highest BCUT2D eigenvalue weighted by atomic mass is 35.5. The second-order valence-corrected chi connectivity index (χ2v) is 5.49. The van der Waals surface area contributed by atoms with E-state index in [-0.39, 0.29) is 0 Å². The van der Waals surface area contributed by atoms with Gasteiger partial charge in [-0.15, -0.1) is 0 Å². The molecule has 0 fully saturated rings. The lowest BCUT2D eigenvalue weighted by molar-refractivity contribution is 0.407. The Morgan fingerprint density at radius 3 is 2.38 bits per heavy atom. The standard InChI is InChI=1S/C17H21ClN2O/c1-20(2)14-9-7-13(8-10-14)11-19-12-15-16(18)5-4-6-17(15)21-3/h4-10,19H,11-12H2,1-3H3. The van der Waals surface area contributed by atoms with Crippen molar-refractivity contribution in [2.24, 2.45) is 0 Å². The van der Waals surface area contributed by atoms with Gasteiger partial charge in [-0.05, 0) is 29.8 Å². The predicted octanol–water partition coefficient (Wildman–Crippen LogP) is 3.70. The van der Waals surface area contributed by atoms with Gasteiger partial charge in [0.25, 0.3) is 0 Å². The highest BCUT2D eigenvalue weighted by Gasteiger charge is 2.06. The van der Waals surface area contributed by atoms with E-state index in [0.717, 1.165) is 22.9 Å². The highest BCUT2D eigenvalue weighted by molar-refractivity contribution is 6.31. The molecule has 0 atom stereocenters. The zero-order valence-electron chi connectivity index (χ0n) is 12.7. The highest BCUT2D eigenvalue weighted by Crippen LogP contribution is 2.26. The lowest BCUT2D eigenvalue weighted by atomic mass is 10.1. The fourth-order valence-corrected chi connectivity index (χ4v) is 2.38. The fraction of sp³-hybridized carbons (Fsp3) is 0.294. The molecule has 3 nitrogen and oxygen atoms in total. The maximum Gasteiger partial charge on any atom is 0.124 e. The van der Waals surface area contributed by atoms with Crippen LogP contribution in [0.1, 0.15) is 11.1 Å². The van der Waals surface area contributed by atoms with Crippen molar-refractivity contribution in [3.63, 3.8) is 0 Å². The maximum atomic E-state index is 6.22. The van der Waals surface area contributed by atoms with Crippen LogP contribution in [-0.4, -0.2) is 21.2 Å². The molecule has 0 bridgehead atoms. The van der Waals surface area contributed by atoms with Gasteiger partial charge < -0.3 is 15.0 Å². The van der Waals surface area contributed by atoms with Crippen molar-refractivity contribution < 1.29 is 4.74 Å².